The van der Waals surface area contributed by atoms with Crippen LogP contribution in [-0.2, 0) is 9.53 Å². The van der Waals surface area contributed by atoms with Crippen LogP contribution in [0.25, 0.3) is 0 Å². The van der Waals surface area contributed by atoms with Gasteiger partial charge in [-0.2, -0.15) is 0 Å². The quantitative estimate of drug-likeness (QED) is 0.510. The lowest BCUT2D eigenvalue weighted by molar-refractivity contribution is -0.167. The van der Waals surface area contributed by atoms with Crippen molar-refractivity contribution >= 4 is 5.97 Å². The first-order valence-corrected chi connectivity index (χ1v) is 13.4. The summed E-state index contributed by atoms with van der Waals surface area (Å²) in [5.41, 5.74) is 6.40. The smallest absolute Gasteiger partial charge is 0.305 e. The van der Waals surface area contributed by atoms with Crippen molar-refractivity contribution in [3.63, 3.8) is 0 Å². The van der Waals surface area contributed by atoms with Gasteiger partial charge in [-0.1, -0.05) is 20.8 Å². The molecule has 0 aromatic rings. The van der Waals surface area contributed by atoms with Crippen LogP contribution in [0.3, 0.4) is 0 Å². The van der Waals surface area contributed by atoms with E-state index in [9.17, 15) is 9.90 Å². The summed E-state index contributed by atoms with van der Waals surface area (Å²) in [6.45, 7) is 9.03. The minimum absolute atomic E-state index is 0.0847. The second-order valence-electron chi connectivity index (χ2n) is 12.3. The third-order valence-electron chi connectivity index (χ3n) is 11.1. The fourth-order valence-electron chi connectivity index (χ4n) is 9.32. The van der Waals surface area contributed by atoms with Crippen molar-refractivity contribution in [1.82, 2.24) is 5.32 Å². The Morgan fingerprint density at radius 3 is 2.56 bits per heavy atom. The summed E-state index contributed by atoms with van der Waals surface area (Å²) in [5, 5.41) is 15.2. The van der Waals surface area contributed by atoms with Gasteiger partial charge in [0.15, 0.2) is 0 Å². The number of carbonyl (C=O) groups excluding carboxylic acids is 1. The second-order valence-corrected chi connectivity index (χ2v) is 12.3. The molecule has 4 aliphatic carbocycles. The lowest BCUT2D eigenvalue weighted by atomic mass is 9.43. The third-order valence-corrected chi connectivity index (χ3v) is 11.1. The van der Waals surface area contributed by atoms with Gasteiger partial charge < -0.3 is 20.9 Å². The highest BCUT2D eigenvalue weighted by molar-refractivity contribution is 5.69. The SMILES string of the molecule is COC(=O)CC[C@@H](C)C1CCC2C3C(CC[C@@]21C)[C@@]1(C)CC[C@@H](NCCN)C[C@@H]1C[C@H]3O. The number of nitrogens with one attached hydrogen (secondary N) is 1. The summed E-state index contributed by atoms with van der Waals surface area (Å²) < 4.78 is 4.89. The molecule has 0 bridgehead atoms. The van der Waals surface area contributed by atoms with Gasteiger partial charge in [-0.05, 0) is 104 Å². The zero-order valence-electron chi connectivity index (χ0n) is 20.9. The van der Waals surface area contributed by atoms with Crippen molar-refractivity contribution in [3.8, 4) is 0 Å². The molecular weight excluding hydrogens is 400 g/mol. The first-order valence-electron chi connectivity index (χ1n) is 13.4. The largest absolute Gasteiger partial charge is 0.469 e. The number of aliphatic hydroxyl groups is 1. The Labute approximate surface area is 195 Å². The van der Waals surface area contributed by atoms with E-state index < -0.39 is 0 Å². The van der Waals surface area contributed by atoms with E-state index in [4.69, 9.17) is 10.5 Å². The van der Waals surface area contributed by atoms with Crippen LogP contribution in [0.4, 0.5) is 0 Å². The van der Waals surface area contributed by atoms with Crippen molar-refractivity contribution in [2.45, 2.75) is 97.1 Å². The van der Waals surface area contributed by atoms with Gasteiger partial charge in [0.05, 0.1) is 13.2 Å². The van der Waals surface area contributed by atoms with Gasteiger partial charge in [0.1, 0.15) is 0 Å². The number of fused-ring (bicyclic) bond motifs is 5. The van der Waals surface area contributed by atoms with Crippen molar-refractivity contribution in [3.05, 3.63) is 0 Å². The summed E-state index contributed by atoms with van der Waals surface area (Å²) in [5.74, 6) is 3.49. The molecule has 10 atom stereocenters. The maximum atomic E-state index is 11.7. The molecule has 4 N–H and O–H groups in total. The number of aliphatic hydroxyl groups excluding tert-OH is 1. The summed E-state index contributed by atoms with van der Waals surface area (Å²) in [7, 11) is 1.49. The van der Waals surface area contributed by atoms with Crippen LogP contribution < -0.4 is 11.1 Å². The number of hydrogen-bond donors (Lipinski definition) is 3. The number of esters is 1. The number of ether oxygens (including phenoxy) is 1. The first kappa shape index (κ1) is 24.5. The Hall–Kier alpha value is -0.650. The lowest BCUT2D eigenvalue weighted by Crippen LogP contribution is -2.59. The van der Waals surface area contributed by atoms with Gasteiger partial charge in [0.2, 0.25) is 0 Å². The number of nitrogens with two attached hydrogens (primary N) is 1. The summed E-state index contributed by atoms with van der Waals surface area (Å²) in [6.07, 6.45) is 11.1. The Bertz CT molecular complexity index is 671. The molecule has 5 nitrogen and oxygen atoms in total. The Kier molecular flexibility index (Phi) is 7.30. The standard InChI is InChI=1S/C27H48N2O3/c1-17(5-8-24(31)32-4)20-6-7-21-25-22(10-12-27(20,21)3)26(2)11-9-19(29-14-13-28)15-18(26)16-23(25)30/h17-23,25,29-30H,5-16,28H2,1-4H3/t17-,18-,19-,20?,21?,22?,23-,25?,26+,27-/m1/s1. The second kappa shape index (κ2) is 9.54. The van der Waals surface area contributed by atoms with Gasteiger partial charge in [-0.15, -0.1) is 0 Å². The van der Waals surface area contributed by atoms with Crippen LogP contribution in [0, 0.1) is 46.3 Å². The van der Waals surface area contributed by atoms with Crippen molar-refractivity contribution in [1.29, 1.82) is 0 Å². The number of carbonyl (C=O) groups is 1. The van der Waals surface area contributed by atoms with Gasteiger partial charge >= 0.3 is 5.97 Å². The van der Waals surface area contributed by atoms with Gasteiger partial charge in [-0.3, -0.25) is 4.79 Å². The zero-order chi connectivity index (χ0) is 23.1. The molecule has 0 heterocycles. The van der Waals surface area contributed by atoms with E-state index in [2.05, 4.69) is 26.1 Å². The highest BCUT2D eigenvalue weighted by Crippen LogP contribution is 2.68. The predicted octanol–water partition coefficient (Wildman–Crippen LogP) is 4.12. The first-order chi connectivity index (χ1) is 15.2. The summed E-state index contributed by atoms with van der Waals surface area (Å²) in [6, 6.07) is 0.570. The fourth-order valence-corrected chi connectivity index (χ4v) is 9.32. The number of rotatable bonds is 7. The van der Waals surface area contributed by atoms with Crippen molar-refractivity contribution < 1.29 is 14.6 Å². The topological polar surface area (TPSA) is 84.6 Å². The highest BCUT2D eigenvalue weighted by Gasteiger charge is 2.62. The fraction of sp³-hybridized carbons (Fsp3) is 0.963. The van der Waals surface area contributed by atoms with Crippen LogP contribution in [-0.4, -0.2) is 43.4 Å². The van der Waals surface area contributed by atoms with E-state index in [1.54, 1.807) is 0 Å². The van der Waals surface area contributed by atoms with E-state index in [1.807, 2.05) is 0 Å². The summed E-state index contributed by atoms with van der Waals surface area (Å²) in [4.78, 5) is 11.7. The Balaban J connectivity index is 1.48. The van der Waals surface area contributed by atoms with E-state index in [1.165, 1.54) is 52.1 Å². The van der Waals surface area contributed by atoms with E-state index in [-0.39, 0.29) is 12.1 Å². The highest BCUT2D eigenvalue weighted by atomic mass is 16.5. The van der Waals surface area contributed by atoms with Crippen LogP contribution in [0.1, 0.15) is 85.0 Å². The maximum Gasteiger partial charge on any atom is 0.305 e. The van der Waals surface area contributed by atoms with Gasteiger partial charge in [-0.25, -0.2) is 0 Å². The molecule has 0 aliphatic heterocycles. The molecule has 32 heavy (non-hydrogen) atoms. The molecule has 184 valence electrons. The molecule has 4 rings (SSSR count). The monoisotopic (exact) mass is 448 g/mol. The van der Waals surface area contributed by atoms with Crippen LogP contribution in [0.2, 0.25) is 0 Å². The normalized spacial score (nSPS) is 46.6. The Morgan fingerprint density at radius 1 is 1.12 bits per heavy atom. The van der Waals surface area contributed by atoms with Crippen molar-refractivity contribution in [2.24, 2.45) is 52.1 Å². The number of methoxy groups -OCH3 is 1. The molecule has 4 aliphatic rings. The molecule has 0 aromatic carbocycles. The third kappa shape index (κ3) is 4.15. The van der Waals surface area contributed by atoms with E-state index in [0.717, 1.165) is 19.4 Å². The van der Waals surface area contributed by atoms with Crippen LogP contribution >= 0.6 is 0 Å². The predicted molar refractivity (Wildman–Crippen MR) is 128 cm³/mol. The van der Waals surface area contributed by atoms with Crippen LogP contribution in [0.15, 0.2) is 0 Å². The molecule has 0 radical (unpaired) electrons. The average molecular weight is 449 g/mol. The molecule has 0 amide bonds. The molecule has 4 fully saturated rings. The molecule has 0 aromatic heterocycles. The maximum absolute atomic E-state index is 11.7. The minimum Gasteiger partial charge on any atom is -0.469 e. The zero-order valence-corrected chi connectivity index (χ0v) is 20.9. The van der Waals surface area contributed by atoms with Crippen molar-refractivity contribution in [2.75, 3.05) is 20.2 Å². The number of hydrogen-bond acceptors (Lipinski definition) is 5. The molecule has 4 unspecified atom stereocenters. The van der Waals surface area contributed by atoms with Gasteiger partial charge in [0, 0.05) is 25.6 Å². The van der Waals surface area contributed by atoms with Crippen LogP contribution in [0.5, 0.6) is 0 Å². The lowest BCUT2D eigenvalue weighted by Gasteiger charge is -2.62. The summed E-state index contributed by atoms with van der Waals surface area (Å²) >= 11 is 0. The molecule has 0 saturated heterocycles. The Morgan fingerprint density at radius 2 is 1.84 bits per heavy atom. The van der Waals surface area contributed by atoms with E-state index in [0.29, 0.717) is 65.3 Å². The molecular formula is C27H48N2O3. The van der Waals surface area contributed by atoms with E-state index >= 15 is 0 Å². The molecule has 4 saturated carbocycles. The molecule has 0 spiro atoms. The molecule has 5 heteroatoms. The average Bonchev–Trinajstić information content (AvgIpc) is 3.13. The minimum atomic E-state index is -0.153. The van der Waals surface area contributed by atoms with Gasteiger partial charge in [0.25, 0.3) is 0 Å².